The highest BCUT2D eigenvalue weighted by Gasteiger charge is 2.16. The van der Waals surface area contributed by atoms with Gasteiger partial charge in [-0.2, -0.15) is 0 Å². The van der Waals surface area contributed by atoms with Crippen LogP contribution in [0, 0.1) is 6.92 Å². The number of aromatic nitrogens is 4. The van der Waals surface area contributed by atoms with Crippen molar-refractivity contribution in [3.05, 3.63) is 54.2 Å². The van der Waals surface area contributed by atoms with Crippen LogP contribution < -0.4 is 4.90 Å². The van der Waals surface area contributed by atoms with Crippen LogP contribution >= 0.6 is 0 Å². The third-order valence-corrected chi connectivity index (χ3v) is 4.79. The van der Waals surface area contributed by atoms with Crippen molar-refractivity contribution in [3.63, 3.8) is 0 Å². The van der Waals surface area contributed by atoms with Gasteiger partial charge < -0.3 is 14.5 Å². The van der Waals surface area contributed by atoms with Gasteiger partial charge in [0.1, 0.15) is 5.69 Å². The quantitative estimate of drug-likeness (QED) is 0.783. The molecule has 0 atom stereocenters. The van der Waals surface area contributed by atoms with Crippen molar-refractivity contribution >= 4 is 5.69 Å². The topological polar surface area (TPSA) is 49.7 Å². The molecule has 0 radical (unpaired) electrons. The van der Waals surface area contributed by atoms with Crippen LogP contribution in [0.4, 0.5) is 5.69 Å². The number of aromatic amines is 1. The molecule has 2 aromatic heterocycles. The van der Waals surface area contributed by atoms with Crippen molar-refractivity contribution in [1.29, 1.82) is 0 Å². The summed E-state index contributed by atoms with van der Waals surface area (Å²) < 4.78 is 2.21. The second-order valence-electron chi connectivity index (χ2n) is 6.39. The summed E-state index contributed by atoms with van der Waals surface area (Å²) in [6.07, 6.45) is 9.19. The van der Waals surface area contributed by atoms with Crippen LogP contribution in [0.5, 0.6) is 0 Å². The Morgan fingerprint density at radius 3 is 2.96 bits per heavy atom. The van der Waals surface area contributed by atoms with E-state index in [4.69, 9.17) is 0 Å². The molecule has 0 amide bonds. The molecule has 1 aliphatic rings. The van der Waals surface area contributed by atoms with Gasteiger partial charge in [0, 0.05) is 43.4 Å². The summed E-state index contributed by atoms with van der Waals surface area (Å²) in [7, 11) is 0. The molecular formula is C19H23N5. The van der Waals surface area contributed by atoms with Crippen molar-refractivity contribution in [1.82, 2.24) is 19.5 Å². The molecule has 1 aromatic carbocycles. The zero-order chi connectivity index (χ0) is 16.4. The molecule has 0 saturated carbocycles. The summed E-state index contributed by atoms with van der Waals surface area (Å²) in [5.74, 6) is 0.952. The number of hydrogen-bond acceptors (Lipinski definition) is 3. The van der Waals surface area contributed by atoms with Gasteiger partial charge in [0.05, 0.1) is 6.33 Å². The number of aryl methyl sites for hydroxylation is 3. The number of fused-ring (bicyclic) bond motifs is 1. The number of nitrogens with one attached hydrogen (secondary N) is 1. The minimum atomic E-state index is 0.948. The molecule has 0 fully saturated rings. The SMILES string of the molecule is Cc1[nH]cnc1-c1nccn1CCCN1CCCc2ccccc21. The highest BCUT2D eigenvalue weighted by Crippen LogP contribution is 2.27. The standard InChI is InChI=1S/C19H23N5/c1-15-18(22-14-21-15)19-20-9-13-24(19)12-5-11-23-10-4-7-16-6-2-3-8-17(16)23/h2-3,6,8-9,13-14H,4-5,7,10-12H2,1H3,(H,21,22). The second-order valence-corrected chi connectivity index (χ2v) is 6.39. The van der Waals surface area contributed by atoms with E-state index in [1.165, 1.54) is 24.1 Å². The fourth-order valence-corrected chi connectivity index (χ4v) is 3.57. The van der Waals surface area contributed by atoms with E-state index in [-0.39, 0.29) is 0 Å². The van der Waals surface area contributed by atoms with E-state index in [0.29, 0.717) is 0 Å². The zero-order valence-corrected chi connectivity index (χ0v) is 14.1. The molecule has 4 rings (SSSR count). The van der Waals surface area contributed by atoms with Gasteiger partial charge in [-0.3, -0.25) is 0 Å². The van der Waals surface area contributed by atoms with E-state index in [1.807, 2.05) is 19.3 Å². The average Bonchev–Trinajstić information content (AvgIpc) is 3.23. The monoisotopic (exact) mass is 321 g/mol. The highest BCUT2D eigenvalue weighted by molar-refractivity contribution is 5.55. The molecule has 3 aromatic rings. The third kappa shape index (κ3) is 2.82. The zero-order valence-electron chi connectivity index (χ0n) is 14.1. The molecule has 0 spiro atoms. The van der Waals surface area contributed by atoms with E-state index in [9.17, 15) is 0 Å². The maximum Gasteiger partial charge on any atom is 0.160 e. The Morgan fingerprint density at radius 2 is 2.08 bits per heavy atom. The van der Waals surface area contributed by atoms with Crippen molar-refractivity contribution in [2.45, 2.75) is 32.7 Å². The van der Waals surface area contributed by atoms with E-state index >= 15 is 0 Å². The molecule has 3 heterocycles. The predicted octanol–water partition coefficient (Wildman–Crippen LogP) is 3.42. The van der Waals surface area contributed by atoms with Gasteiger partial charge in [-0.1, -0.05) is 18.2 Å². The van der Waals surface area contributed by atoms with Gasteiger partial charge in [-0.25, -0.2) is 9.97 Å². The number of H-pyrrole nitrogens is 1. The Hall–Kier alpha value is -2.56. The molecule has 1 aliphatic heterocycles. The van der Waals surface area contributed by atoms with Crippen molar-refractivity contribution in [3.8, 4) is 11.5 Å². The van der Waals surface area contributed by atoms with Crippen LogP contribution in [0.3, 0.4) is 0 Å². The second kappa shape index (κ2) is 6.51. The first kappa shape index (κ1) is 15.0. The van der Waals surface area contributed by atoms with Crippen LogP contribution in [-0.4, -0.2) is 32.6 Å². The molecular weight excluding hydrogens is 298 g/mol. The summed E-state index contributed by atoms with van der Waals surface area (Å²) in [5.41, 5.74) is 4.91. The molecule has 0 unspecified atom stereocenters. The van der Waals surface area contributed by atoms with Crippen molar-refractivity contribution < 1.29 is 0 Å². The number of hydrogen-bond donors (Lipinski definition) is 1. The Bertz CT molecular complexity index is 817. The Kier molecular flexibility index (Phi) is 4.07. The molecule has 124 valence electrons. The lowest BCUT2D eigenvalue weighted by molar-refractivity contribution is 0.605. The van der Waals surface area contributed by atoms with Crippen molar-refractivity contribution in [2.75, 3.05) is 18.0 Å². The van der Waals surface area contributed by atoms with Crippen LogP contribution in [0.1, 0.15) is 24.1 Å². The normalized spacial score (nSPS) is 14.0. The molecule has 0 aliphatic carbocycles. The Morgan fingerprint density at radius 1 is 1.17 bits per heavy atom. The van der Waals surface area contributed by atoms with Gasteiger partial charge in [0.15, 0.2) is 5.82 Å². The van der Waals surface area contributed by atoms with E-state index in [0.717, 1.165) is 43.3 Å². The molecule has 24 heavy (non-hydrogen) atoms. The minimum Gasteiger partial charge on any atom is -0.371 e. The van der Waals surface area contributed by atoms with Crippen LogP contribution in [-0.2, 0) is 13.0 Å². The Balaban J connectivity index is 1.43. The molecule has 5 heteroatoms. The number of nitrogens with zero attached hydrogens (tertiary/aromatic N) is 4. The summed E-state index contributed by atoms with van der Waals surface area (Å²) in [6, 6.07) is 8.80. The summed E-state index contributed by atoms with van der Waals surface area (Å²) in [4.78, 5) is 14.5. The molecule has 0 saturated heterocycles. The average molecular weight is 321 g/mol. The largest absolute Gasteiger partial charge is 0.371 e. The number of rotatable bonds is 5. The number of anilines is 1. The lowest BCUT2D eigenvalue weighted by Gasteiger charge is -2.31. The Labute approximate surface area is 142 Å². The molecule has 1 N–H and O–H groups in total. The van der Waals surface area contributed by atoms with Gasteiger partial charge in [0.2, 0.25) is 0 Å². The van der Waals surface area contributed by atoms with Crippen LogP contribution in [0.2, 0.25) is 0 Å². The lowest BCUT2D eigenvalue weighted by Crippen LogP contribution is -2.30. The first-order valence-corrected chi connectivity index (χ1v) is 8.67. The third-order valence-electron chi connectivity index (χ3n) is 4.79. The maximum absolute atomic E-state index is 4.49. The minimum absolute atomic E-state index is 0.948. The number of benzene rings is 1. The van der Waals surface area contributed by atoms with E-state index < -0.39 is 0 Å². The van der Waals surface area contributed by atoms with E-state index in [1.54, 1.807) is 6.33 Å². The lowest BCUT2D eigenvalue weighted by atomic mass is 10.0. The summed E-state index contributed by atoms with van der Waals surface area (Å²) in [5, 5.41) is 0. The van der Waals surface area contributed by atoms with Gasteiger partial charge >= 0.3 is 0 Å². The van der Waals surface area contributed by atoms with Crippen molar-refractivity contribution in [2.24, 2.45) is 0 Å². The van der Waals surface area contributed by atoms with Crippen LogP contribution in [0.25, 0.3) is 11.5 Å². The van der Waals surface area contributed by atoms with E-state index in [2.05, 4.69) is 48.7 Å². The van der Waals surface area contributed by atoms with Gasteiger partial charge in [0.25, 0.3) is 0 Å². The molecule has 0 bridgehead atoms. The number of imidazole rings is 2. The first-order chi connectivity index (χ1) is 11.8. The summed E-state index contributed by atoms with van der Waals surface area (Å²) in [6.45, 7) is 5.23. The van der Waals surface area contributed by atoms with Crippen LogP contribution in [0.15, 0.2) is 43.0 Å². The highest BCUT2D eigenvalue weighted by atomic mass is 15.1. The molecule has 5 nitrogen and oxygen atoms in total. The predicted molar refractivity (Wildman–Crippen MR) is 96.1 cm³/mol. The number of para-hydroxylation sites is 1. The smallest absolute Gasteiger partial charge is 0.160 e. The maximum atomic E-state index is 4.49. The first-order valence-electron chi connectivity index (χ1n) is 8.67. The fraction of sp³-hybridized carbons (Fsp3) is 0.368. The fourth-order valence-electron chi connectivity index (χ4n) is 3.57. The van der Waals surface area contributed by atoms with Gasteiger partial charge in [-0.15, -0.1) is 0 Å². The summed E-state index contributed by atoms with van der Waals surface area (Å²) >= 11 is 0. The van der Waals surface area contributed by atoms with Gasteiger partial charge in [-0.05, 0) is 37.8 Å².